The number of fused-ring (bicyclic) bond motifs is 1. The van der Waals surface area contributed by atoms with Crippen molar-refractivity contribution in [1.82, 2.24) is 0 Å². The predicted octanol–water partition coefficient (Wildman–Crippen LogP) is 3.01. The van der Waals surface area contributed by atoms with Crippen LogP contribution in [0.1, 0.15) is 33.6 Å². The lowest BCUT2D eigenvalue weighted by molar-refractivity contribution is -0.322. The Morgan fingerprint density at radius 3 is 2.44 bits per heavy atom. The Kier molecular flexibility index (Phi) is 6.16. The molecule has 0 bridgehead atoms. The molecule has 2 heterocycles. The van der Waals surface area contributed by atoms with Gasteiger partial charge in [-0.15, -0.1) is 0 Å². The first-order valence-electron chi connectivity index (χ1n) is 10.3. The van der Waals surface area contributed by atoms with E-state index in [9.17, 15) is 5.11 Å². The highest BCUT2D eigenvalue weighted by atomic mass is 28.3. The Bertz CT molecular complexity index is 521. The van der Waals surface area contributed by atoms with Gasteiger partial charge in [0, 0.05) is 20.6 Å². The van der Waals surface area contributed by atoms with Gasteiger partial charge in [0.1, 0.15) is 12.4 Å². The minimum atomic E-state index is -1.08. The smallest absolute Gasteiger partial charge is 0.163 e. The Morgan fingerprint density at radius 1 is 1.15 bits per heavy atom. The molecule has 1 aliphatic carbocycles. The normalized spacial score (nSPS) is 41.2. The highest BCUT2D eigenvalue weighted by Gasteiger charge is 2.65. The van der Waals surface area contributed by atoms with E-state index in [1.807, 2.05) is 13.8 Å². The second-order valence-corrected chi connectivity index (χ2v) is 16.1. The van der Waals surface area contributed by atoms with Crippen molar-refractivity contribution in [2.75, 3.05) is 33.2 Å². The zero-order valence-electron chi connectivity index (χ0n) is 17.9. The van der Waals surface area contributed by atoms with Crippen molar-refractivity contribution < 1.29 is 28.8 Å². The van der Waals surface area contributed by atoms with Gasteiger partial charge in [0.25, 0.3) is 0 Å². The number of hydrogen-bond donors (Lipinski definition) is 1. The lowest BCUT2D eigenvalue weighted by Crippen LogP contribution is -2.72. The molecule has 158 valence electrons. The van der Waals surface area contributed by atoms with Crippen LogP contribution in [0.3, 0.4) is 0 Å². The van der Waals surface area contributed by atoms with Gasteiger partial charge in [0.05, 0.1) is 32.0 Å². The Labute approximate surface area is 164 Å². The SMILES string of the molecule is CC1(C)OC[C@H]([C@H]2[C@](C)(COCOCC[Si](C)(C)C)CC[C@H]3OC[C@]32O)O1. The van der Waals surface area contributed by atoms with Crippen molar-refractivity contribution in [2.45, 2.75) is 82.9 Å². The molecule has 3 fully saturated rings. The maximum Gasteiger partial charge on any atom is 0.163 e. The highest BCUT2D eigenvalue weighted by Crippen LogP contribution is 2.55. The van der Waals surface area contributed by atoms with Crippen LogP contribution in [0.15, 0.2) is 0 Å². The molecule has 3 rings (SSSR count). The summed E-state index contributed by atoms with van der Waals surface area (Å²) in [5.74, 6) is -0.693. The Hall–Kier alpha value is -0.0231. The molecule has 2 aliphatic heterocycles. The van der Waals surface area contributed by atoms with Crippen LogP contribution in [0.25, 0.3) is 0 Å². The lowest BCUT2D eigenvalue weighted by atomic mass is 9.56. The summed E-state index contributed by atoms with van der Waals surface area (Å²) in [5.41, 5.74) is -1.06. The van der Waals surface area contributed by atoms with Crippen molar-refractivity contribution in [2.24, 2.45) is 11.3 Å². The van der Waals surface area contributed by atoms with E-state index in [4.69, 9.17) is 23.7 Å². The molecular weight excluding hydrogens is 364 g/mol. The molecule has 0 aromatic heterocycles. The summed E-state index contributed by atoms with van der Waals surface area (Å²) in [6, 6.07) is 1.14. The van der Waals surface area contributed by atoms with Crippen molar-refractivity contribution >= 4 is 8.07 Å². The summed E-state index contributed by atoms with van der Waals surface area (Å²) in [6.07, 6.45) is 1.52. The fourth-order valence-corrected chi connectivity index (χ4v) is 5.56. The molecule has 3 aliphatic rings. The van der Waals surface area contributed by atoms with Gasteiger partial charge < -0.3 is 28.8 Å². The number of aliphatic hydroxyl groups is 1. The van der Waals surface area contributed by atoms with Crippen molar-refractivity contribution in [3.8, 4) is 0 Å². The minimum Gasteiger partial charge on any atom is -0.384 e. The average molecular weight is 403 g/mol. The van der Waals surface area contributed by atoms with E-state index in [-0.39, 0.29) is 23.5 Å². The predicted molar refractivity (Wildman–Crippen MR) is 105 cm³/mol. The third kappa shape index (κ3) is 4.77. The molecule has 6 nitrogen and oxygen atoms in total. The molecule has 2 saturated heterocycles. The summed E-state index contributed by atoms with van der Waals surface area (Å²) >= 11 is 0. The molecular formula is C20H38O6Si. The van der Waals surface area contributed by atoms with E-state index in [0.717, 1.165) is 25.5 Å². The van der Waals surface area contributed by atoms with Gasteiger partial charge in [0.2, 0.25) is 0 Å². The average Bonchev–Trinajstić information content (AvgIpc) is 2.87. The number of rotatable bonds is 8. The molecule has 0 radical (unpaired) electrons. The van der Waals surface area contributed by atoms with Crippen molar-refractivity contribution in [3.63, 3.8) is 0 Å². The van der Waals surface area contributed by atoms with Crippen LogP contribution in [0.5, 0.6) is 0 Å². The highest BCUT2D eigenvalue weighted by molar-refractivity contribution is 6.76. The zero-order chi connectivity index (χ0) is 19.9. The van der Waals surface area contributed by atoms with Crippen LogP contribution in [0, 0.1) is 11.3 Å². The third-order valence-corrected chi connectivity index (χ3v) is 8.04. The first kappa shape index (κ1) is 21.7. The molecule has 0 aromatic rings. The summed E-state index contributed by atoms with van der Waals surface area (Å²) in [6.45, 7) is 15.5. The van der Waals surface area contributed by atoms with Gasteiger partial charge in [-0.3, -0.25) is 0 Å². The molecule has 0 spiro atoms. The van der Waals surface area contributed by atoms with Crippen molar-refractivity contribution in [1.29, 1.82) is 0 Å². The fraction of sp³-hybridized carbons (Fsp3) is 1.00. The summed E-state index contributed by atoms with van der Waals surface area (Å²) in [5, 5.41) is 11.3. The standard InChI is InChI=1S/C20H38O6Si/c1-18(2)25-11-15(26-18)17-19(3,8-7-16-20(17,21)13-24-16)12-23-14-22-9-10-27(4,5)6/h15-17,21H,7-14H2,1-6H3/t15-,16-,17+,19+,20+/m1/s1. The fourth-order valence-electron chi connectivity index (χ4n) is 4.80. The van der Waals surface area contributed by atoms with Gasteiger partial charge >= 0.3 is 0 Å². The maximum absolute atomic E-state index is 11.3. The van der Waals surface area contributed by atoms with Gasteiger partial charge in [-0.2, -0.15) is 0 Å². The molecule has 27 heavy (non-hydrogen) atoms. The topological polar surface area (TPSA) is 66.4 Å². The molecule has 0 unspecified atom stereocenters. The molecule has 0 amide bonds. The number of hydrogen-bond acceptors (Lipinski definition) is 6. The van der Waals surface area contributed by atoms with Gasteiger partial charge in [-0.1, -0.05) is 26.6 Å². The van der Waals surface area contributed by atoms with E-state index in [0.29, 0.717) is 26.6 Å². The number of ether oxygens (including phenoxy) is 5. The molecule has 7 heteroatoms. The molecule has 1 saturated carbocycles. The van der Waals surface area contributed by atoms with Crippen LogP contribution in [0.4, 0.5) is 0 Å². The molecule has 0 aromatic carbocycles. The maximum atomic E-state index is 11.3. The van der Waals surface area contributed by atoms with Crippen LogP contribution in [-0.2, 0) is 23.7 Å². The first-order chi connectivity index (χ1) is 12.5. The van der Waals surface area contributed by atoms with E-state index in [2.05, 4.69) is 26.6 Å². The van der Waals surface area contributed by atoms with Gasteiger partial charge in [-0.05, 0) is 38.1 Å². The second-order valence-electron chi connectivity index (χ2n) is 10.5. The summed E-state index contributed by atoms with van der Waals surface area (Å²) in [7, 11) is -1.08. The summed E-state index contributed by atoms with van der Waals surface area (Å²) < 4.78 is 29.3. The van der Waals surface area contributed by atoms with E-state index in [1.165, 1.54) is 0 Å². The van der Waals surface area contributed by atoms with E-state index >= 15 is 0 Å². The van der Waals surface area contributed by atoms with Crippen LogP contribution in [-0.4, -0.2) is 70.0 Å². The largest absolute Gasteiger partial charge is 0.384 e. The lowest BCUT2D eigenvalue weighted by Gasteiger charge is -2.60. The Morgan fingerprint density at radius 2 is 1.89 bits per heavy atom. The van der Waals surface area contributed by atoms with Crippen LogP contribution < -0.4 is 0 Å². The van der Waals surface area contributed by atoms with Crippen LogP contribution >= 0.6 is 0 Å². The third-order valence-electron chi connectivity index (χ3n) is 6.34. The quantitative estimate of drug-likeness (QED) is 0.382. The molecule has 5 atom stereocenters. The van der Waals surface area contributed by atoms with Crippen molar-refractivity contribution in [3.05, 3.63) is 0 Å². The molecule has 1 N–H and O–H groups in total. The second kappa shape index (κ2) is 7.67. The first-order valence-corrected chi connectivity index (χ1v) is 14.0. The zero-order valence-corrected chi connectivity index (χ0v) is 18.9. The van der Waals surface area contributed by atoms with Crippen LogP contribution in [0.2, 0.25) is 25.7 Å². The minimum absolute atomic E-state index is 0.0822. The van der Waals surface area contributed by atoms with Gasteiger partial charge in [0.15, 0.2) is 5.79 Å². The van der Waals surface area contributed by atoms with E-state index in [1.54, 1.807) is 0 Å². The van der Waals surface area contributed by atoms with Gasteiger partial charge in [-0.25, -0.2) is 0 Å². The monoisotopic (exact) mass is 402 g/mol. The summed E-state index contributed by atoms with van der Waals surface area (Å²) in [4.78, 5) is 0. The van der Waals surface area contributed by atoms with E-state index < -0.39 is 19.5 Å². The Balaban J connectivity index is 1.59.